The fourth-order valence-electron chi connectivity index (χ4n) is 0.477. The van der Waals surface area contributed by atoms with E-state index in [9.17, 15) is 8.42 Å². The zero-order valence-corrected chi connectivity index (χ0v) is 8.06. The molecule has 0 heterocycles. The molecule has 11 heavy (non-hydrogen) atoms. The molecule has 0 unspecified atom stereocenters. The van der Waals surface area contributed by atoms with Gasteiger partial charge in [-0.25, -0.2) is 8.42 Å². The Hall–Kier alpha value is -0.130. The largest absolute Gasteiger partial charge is 0.354 e. The van der Waals surface area contributed by atoms with E-state index in [0.717, 1.165) is 10.6 Å². The van der Waals surface area contributed by atoms with E-state index in [0.29, 0.717) is 13.1 Å². The summed E-state index contributed by atoms with van der Waals surface area (Å²) in [6.07, 6.45) is 1.15. The average Bonchev–Trinajstić information content (AvgIpc) is 1.80. The molecule has 0 saturated carbocycles. The summed E-state index contributed by atoms with van der Waals surface area (Å²) >= 11 is 0. The second-order valence-electron chi connectivity index (χ2n) is 2.74. The Morgan fingerprint density at radius 3 is 2.00 bits per heavy atom. The molecule has 0 aromatic carbocycles. The lowest BCUT2D eigenvalue weighted by Gasteiger charge is -2.23. The minimum Gasteiger partial charge on any atom is -0.354 e. The lowest BCUT2D eigenvalue weighted by Crippen LogP contribution is -2.31. The van der Waals surface area contributed by atoms with Crippen LogP contribution in [0.15, 0.2) is 0 Å². The highest BCUT2D eigenvalue weighted by Gasteiger charge is 2.03. The Morgan fingerprint density at radius 2 is 1.73 bits per heavy atom. The summed E-state index contributed by atoms with van der Waals surface area (Å²) in [7, 11) is 4.07. The first-order valence-corrected chi connectivity index (χ1v) is 5.12. The van der Waals surface area contributed by atoms with E-state index in [4.69, 9.17) is 0 Å². The van der Waals surface area contributed by atoms with Gasteiger partial charge in [0.15, 0.2) is 10.0 Å². The van der Waals surface area contributed by atoms with Crippen LogP contribution in [0.1, 0.15) is 0 Å². The van der Waals surface area contributed by atoms with E-state index < -0.39 is 10.0 Å². The number of likely N-dealkylation sites (N-methyl/N-ethyl adjacent to an activating group) is 1. The van der Waals surface area contributed by atoms with Gasteiger partial charge in [-0.1, -0.05) is 0 Å². The van der Waals surface area contributed by atoms with E-state index >= 15 is 0 Å². The summed E-state index contributed by atoms with van der Waals surface area (Å²) in [4.78, 5) is 1.91. The van der Waals surface area contributed by atoms with Crippen LogP contribution < -0.4 is 0 Å². The number of nitrogens with zero attached hydrogens (tertiary/aromatic N) is 2. The molecule has 0 aliphatic heterocycles. The summed E-state index contributed by atoms with van der Waals surface area (Å²) in [5, 5.41) is 0. The molecule has 0 N–H and O–H groups in total. The first kappa shape index (κ1) is 10.9. The van der Waals surface area contributed by atoms with Crippen LogP contribution >= 0.6 is 0 Å². The van der Waals surface area contributed by atoms with E-state index in [-0.39, 0.29) is 0 Å². The summed E-state index contributed by atoms with van der Waals surface area (Å²) in [6, 6.07) is 0. The zero-order valence-electron chi connectivity index (χ0n) is 7.24. The van der Waals surface area contributed by atoms with Crippen LogP contribution in [0.3, 0.4) is 0 Å². The van der Waals surface area contributed by atoms with Gasteiger partial charge in [0.2, 0.25) is 0 Å². The molecule has 0 saturated heterocycles. The highest BCUT2D eigenvalue weighted by molar-refractivity contribution is 7.88. The van der Waals surface area contributed by atoms with Crippen molar-refractivity contribution >= 4 is 10.0 Å². The number of hydrogen-bond donors (Lipinski definition) is 0. The van der Waals surface area contributed by atoms with Crippen molar-refractivity contribution in [1.82, 2.24) is 9.21 Å². The maximum Gasteiger partial charge on any atom is 0.183 e. The predicted molar refractivity (Wildman–Crippen MR) is 45.5 cm³/mol. The molecule has 0 aromatic heterocycles. The smallest absolute Gasteiger partial charge is 0.183 e. The van der Waals surface area contributed by atoms with Gasteiger partial charge in [-0.2, -0.15) is 0 Å². The molecule has 0 aliphatic rings. The number of rotatable bonds is 4. The van der Waals surface area contributed by atoms with Crippen LogP contribution in [-0.2, 0) is 10.0 Å². The van der Waals surface area contributed by atoms with Crippen LogP contribution in [0.4, 0.5) is 0 Å². The van der Waals surface area contributed by atoms with Crippen molar-refractivity contribution in [3.05, 3.63) is 7.05 Å². The van der Waals surface area contributed by atoms with Gasteiger partial charge in [-0.3, -0.25) is 7.05 Å². The average molecular weight is 179 g/mol. The first-order chi connectivity index (χ1) is 4.84. The second-order valence-corrected chi connectivity index (χ2v) is 4.72. The van der Waals surface area contributed by atoms with Gasteiger partial charge in [0.25, 0.3) is 0 Å². The van der Waals surface area contributed by atoms with Crippen molar-refractivity contribution in [3.63, 3.8) is 0 Å². The molecule has 68 valence electrons. The van der Waals surface area contributed by atoms with E-state index in [2.05, 4.69) is 7.05 Å². The summed E-state index contributed by atoms with van der Waals surface area (Å²) in [5.41, 5.74) is 0. The molecule has 0 bridgehead atoms. The molecule has 0 fully saturated rings. The molecule has 5 heteroatoms. The van der Waals surface area contributed by atoms with Crippen LogP contribution in [0.2, 0.25) is 0 Å². The molecule has 0 rings (SSSR count). The third-order valence-corrected chi connectivity index (χ3v) is 2.39. The molecule has 0 radical (unpaired) electrons. The zero-order chi connectivity index (χ0) is 9.07. The summed E-state index contributed by atoms with van der Waals surface area (Å²) in [6.45, 7) is 1.13. The molecule has 0 amide bonds. The molecule has 4 nitrogen and oxygen atoms in total. The number of sulfonamides is 1. The van der Waals surface area contributed by atoms with Gasteiger partial charge < -0.3 is 9.21 Å². The maximum atomic E-state index is 10.8. The van der Waals surface area contributed by atoms with Crippen LogP contribution in [-0.4, -0.2) is 51.1 Å². The monoisotopic (exact) mass is 179 g/mol. The van der Waals surface area contributed by atoms with Crippen LogP contribution in [0.25, 0.3) is 0 Å². The minimum atomic E-state index is -3.10. The first-order valence-electron chi connectivity index (χ1n) is 3.27. The van der Waals surface area contributed by atoms with Gasteiger partial charge in [-0.05, 0) is 20.6 Å². The van der Waals surface area contributed by atoms with E-state index in [1.165, 1.54) is 0 Å². The topological polar surface area (TPSA) is 40.6 Å². The third kappa shape index (κ3) is 5.17. The van der Waals surface area contributed by atoms with Crippen molar-refractivity contribution < 1.29 is 8.42 Å². The van der Waals surface area contributed by atoms with Gasteiger partial charge in [0.05, 0.1) is 6.26 Å². The molecule has 0 atom stereocenters. The Morgan fingerprint density at radius 1 is 1.27 bits per heavy atom. The van der Waals surface area contributed by atoms with Crippen molar-refractivity contribution in [1.29, 1.82) is 0 Å². The molecule has 0 aliphatic carbocycles. The second kappa shape index (κ2) is 4.04. The Balaban J connectivity index is 3.81. The highest BCUT2D eigenvalue weighted by Crippen LogP contribution is 1.93. The van der Waals surface area contributed by atoms with E-state index in [1.54, 1.807) is 0 Å². The van der Waals surface area contributed by atoms with Gasteiger partial charge in [0.1, 0.15) is 0 Å². The van der Waals surface area contributed by atoms with Gasteiger partial charge in [0, 0.05) is 6.54 Å². The predicted octanol–water partition coefficient (Wildman–Crippen LogP) is -0.399. The lowest BCUT2D eigenvalue weighted by molar-refractivity contribution is 0.370. The molecular formula is C6H15N2O2S-. The highest BCUT2D eigenvalue weighted by atomic mass is 32.2. The standard InChI is InChI=1S/C6H15N2O2S/c1-7(2)5-6-8(3)11(4,9)10/h3,5-6H2,1-2,4H3/q-1. The van der Waals surface area contributed by atoms with Gasteiger partial charge in [-0.15, -0.1) is 0 Å². The molecule has 0 spiro atoms. The van der Waals surface area contributed by atoms with Crippen LogP contribution in [0, 0.1) is 7.05 Å². The normalized spacial score (nSPS) is 12.9. The number of hydrogen-bond acceptors (Lipinski definition) is 3. The van der Waals surface area contributed by atoms with E-state index in [1.807, 2.05) is 19.0 Å². The fraction of sp³-hybridized carbons (Fsp3) is 0.833. The Bertz CT molecular complexity index is 199. The fourth-order valence-corrected chi connectivity index (χ4v) is 0.891. The minimum absolute atomic E-state index is 0.436. The Kier molecular flexibility index (Phi) is 3.99. The van der Waals surface area contributed by atoms with Gasteiger partial charge >= 0.3 is 0 Å². The van der Waals surface area contributed by atoms with Crippen molar-refractivity contribution in [2.24, 2.45) is 0 Å². The lowest BCUT2D eigenvalue weighted by atomic mass is 10.6. The third-order valence-electron chi connectivity index (χ3n) is 1.27. The quantitative estimate of drug-likeness (QED) is 0.551. The van der Waals surface area contributed by atoms with Crippen molar-refractivity contribution in [2.45, 2.75) is 0 Å². The maximum absolute atomic E-state index is 10.8. The van der Waals surface area contributed by atoms with Crippen LogP contribution in [0.5, 0.6) is 0 Å². The SMILES string of the molecule is [CH2-]N(CCN(C)C)S(C)(=O)=O. The van der Waals surface area contributed by atoms with Crippen molar-refractivity contribution in [2.75, 3.05) is 33.4 Å². The summed E-state index contributed by atoms with van der Waals surface area (Å²) < 4.78 is 22.7. The van der Waals surface area contributed by atoms with Crippen molar-refractivity contribution in [3.8, 4) is 0 Å². The molecular weight excluding hydrogens is 164 g/mol. The summed E-state index contributed by atoms with van der Waals surface area (Å²) in [5.74, 6) is 0. The molecule has 0 aromatic rings. The Labute approximate surface area is 68.8 Å².